The number of amides is 1. The molecule has 0 radical (unpaired) electrons. The number of alkyl halides is 3. The molecule has 5 nitrogen and oxygen atoms in total. The van der Waals surface area contributed by atoms with E-state index >= 15 is 0 Å². The normalized spacial score (nSPS) is 11.3. The maximum Gasteiger partial charge on any atom is 0.422 e. The third-order valence-electron chi connectivity index (χ3n) is 1.47. The molecular formula is C8H10F3N3O2S2. The average Bonchev–Trinajstić information content (AvgIpc) is 2.67. The van der Waals surface area contributed by atoms with Crippen LogP contribution in [0.25, 0.3) is 0 Å². The summed E-state index contributed by atoms with van der Waals surface area (Å²) in [6, 6.07) is 0. The van der Waals surface area contributed by atoms with Gasteiger partial charge >= 0.3 is 12.3 Å². The van der Waals surface area contributed by atoms with Crippen LogP contribution >= 0.6 is 23.1 Å². The molecule has 102 valence electrons. The van der Waals surface area contributed by atoms with Crippen LogP contribution in [0.2, 0.25) is 0 Å². The predicted molar refractivity (Wildman–Crippen MR) is 60.8 cm³/mol. The van der Waals surface area contributed by atoms with Crippen molar-refractivity contribution in [2.75, 3.05) is 18.9 Å². The fraction of sp³-hybridized carbons (Fsp3) is 0.625. The maximum absolute atomic E-state index is 11.7. The lowest BCUT2D eigenvalue weighted by Gasteiger charge is -2.08. The molecule has 0 saturated heterocycles. The topological polar surface area (TPSA) is 64.1 Å². The van der Waals surface area contributed by atoms with Crippen LogP contribution in [0.4, 0.5) is 18.0 Å². The minimum absolute atomic E-state index is 0.194. The molecule has 1 rings (SSSR count). The van der Waals surface area contributed by atoms with Gasteiger partial charge in [-0.15, -0.1) is 10.2 Å². The number of carbonyl (C=O) groups excluding carboxylic acids is 1. The molecule has 0 spiro atoms. The van der Waals surface area contributed by atoms with Gasteiger partial charge in [-0.05, 0) is 6.92 Å². The van der Waals surface area contributed by atoms with Crippen molar-refractivity contribution in [3.8, 4) is 0 Å². The molecule has 0 atom stereocenters. The Bertz CT molecular complexity index is 397. The zero-order chi connectivity index (χ0) is 13.6. The first kappa shape index (κ1) is 15.0. The van der Waals surface area contributed by atoms with Gasteiger partial charge < -0.3 is 10.1 Å². The molecule has 1 heterocycles. The summed E-state index contributed by atoms with van der Waals surface area (Å²) in [5.74, 6) is 0.482. The maximum atomic E-state index is 11.7. The first-order valence-electron chi connectivity index (χ1n) is 4.77. The molecule has 0 fully saturated rings. The summed E-state index contributed by atoms with van der Waals surface area (Å²) >= 11 is 2.77. The van der Waals surface area contributed by atoms with Crippen molar-refractivity contribution in [2.24, 2.45) is 0 Å². The summed E-state index contributed by atoms with van der Waals surface area (Å²) in [7, 11) is 0. The number of ether oxygens (including phenoxy) is 1. The Labute approximate surface area is 109 Å². The second-order valence-electron chi connectivity index (χ2n) is 3.05. The van der Waals surface area contributed by atoms with E-state index < -0.39 is 18.9 Å². The lowest BCUT2D eigenvalue weighted by atomic mass is 10.7. The van der Waals surface area contributed by atoms with Gasteiger partial charge in [0.2, 0.25) is 0 Å². The second-order valence-corrected chi connectivity index (χ2v) is 5.58. The highest BCUT2D eigenvalue weighted by Crippen LogP contribution is 2.20. The van der Waals surface area contributed by atoms with Crippen molar-refractivity contribution in [1.82, 2.24) is 15.5 Å². The van der Waals surface area contributed by atoms with E-state index in [0.29, 0.717) is 5.75 Å². The summed E-state index contributed by atoms with van der Waals surface area (Å²) in [4.78, 5) is 10.8. The summed E-state index contributed by atoms with van der Waals surface area (Å²) in [6.45, 7) is 0.427. The zero-order valence-electron chi connectivity index (χ0n) is 9.28. The lowest BCUT2D eigenvalue weighted by molar-refractivity contribution is -0.160. The van der Waals surface area contributed by atoms with Crippen LogP contribution < -0.4 is 5.32 Å². The molecule has 1 amide bonds. The zero-order valence-corrected chi connectivity index (χ0v) is 10.9. The molecule has 1 aromatic rings. The van der Waals surface area contributed by atoms with Gasteiger partial charge in [-0.1, -0.05) is 23.1 Å². The number of aryl methyl sites for hydroxylation is 1. The Kier molecular flexibility index (Phi) is 5.66. The molecule has 0 aliphatic heterocycles. The monoisotopic (exact) mass is 301 g/mol. The molecule has 10 heteroatoms. The Morgan fingerprint density at radius 1 is 1.50 bits per heavy atom. The number of hydrogen-bond acceptors (Lipinski definition) is 6. The Hall–Kier alpha value is -1.03. The Balaban J connectivity index is 2.09. The summed E-state index contributed by atoms with van der Waals surface area (Å²) in [5.41, 5.74) is 0. The summed E-state index contributed by atoms with van der Waals surface area (Å²) < 4.78 is 39.8. The number of aromatic nitrogens is 2. The highest BCUT2D eigenvalue weighted by Gasteiger charge is 2.29. The molecule has 0 saturated carbocycles. The smallest absolute Gasteiger partial charge is 0.422 e. The molecule has 0 aliphatic rings. The number of halogens is 3. The molecule has 0 bridgehead atoms. The van der Waals surface area contributed by atoms with Gasteiger partial charge in [0, 0.05) is 12.3 Å². The second kappa shape index (κ2) is 6.78. The van der Waals surface area contributed by atoms with Gasteiger partial charge in [-0.2, -0.15) is 13.2 Å². The van der Waals surface area contributed by atoms with E-state index in [1.54, 1.807) is 0 Å². The van der Waals surface area contributed by atoms with E-state index in [9.17, 15) is 18.0 Å². The number of alkyl carbamates (subject to hydrolysis) is 1. The van der Waals surface area contributed by atoms with Gasteiger partial charge in [-0.25, -0.2) is 4.79 Å². The van der Waals surface area contributed by atoms with Crippen LogP contribution in [0.15, 0.2) is 4.34 Å². The number of thioether (sulfide) groups is 1. The van der Waals surface area contributed by atoms with E-state index in [-0.39, 0.29) is 6.54 Å². The van der Waals surface area contributed by atoms with Crippen LogP contribution in [0.1, 0.15) is 5.01 Å². The van der Waals surface area contributed by atoms with Gasteiger partial charge in [0.25, 0.3) is 0 Å². The lowest BCUT2D eigenvalue weighted by Crippen LogP contribution is -2.30. The molecule has 0 aromatic carbocycles. The predicted octanol–water partition coefficient (Wildman–Crippen LogP) is 2.23. The first-order valence-corrected chi connectivity index (χ1v) is 6.57. The van der Waals surface area contributed by atoms with Crippen molar-refractivity contribution in [2.45, 2.75) is 17.4 Å². The van der Waals surface area contributed by atoms with Crippen LogP contribution in [-0.4, -0.2) is 41.4 Å². The third-order valence-corrected chi connectivity index (χ3v) is 3.45. The van der Waals surface area contributed by atoms with Crippen LogP contribution in [-0.2, 0) is 4.74 Å². The minimum atomic E-state index is -4.50. The average molecular weight is 301 g/mol. The number of rotatable bonds is 5. The number of nitrogens with zero attached hydrogens (tertiary/aromatic N) is 2. The number of carbonyl (C=O) groups is 1. The SMILES string of the molecule is Cc1nnc(SCCNC(=O)OCC(F)(F)F)s1. The van der Waals surface area contributed by atoms with Gasteiger partial charge in [0.05, 0.1) is 0 Å². The van der Waals surface area contributed by atoms with Gasteiger partial charge in [0.15, 0.2) is 10.9 Å². The standard InChI is InChI=1S/C8H10F3N3O2S2/c1-5-13-14-7(18-5)17-3-2-12-6(15)16-4-8(9,10)11/h2-4H2,1H3,(H,12,15). The quantitative estimate of drug-likeness (QED) is 0.667. The van der Waals surface area contributed by atoms with Crippen molar-refractivity contribution in [1.29, 1.82) is 0 Å². The third kappa shape index (κ3) is 6.64. The van der Waals surface area contributed by atoms with Crippen molar-refractivity contribution in [3.05, 3.63) is 5.01 Å². The highest BCUT2D eigenvalue weighted by molar-refractivity contribution is 8.01. The largest absolute Gasteiger partial charge is 0.440 e. The van der Waals surface area contributed by atoms with E-state index in [0.717, 1.165) is 9.35 Å². The summed E-state index contributed by atoms with van der Waals surface area (Å²) in [5, 5.41) is 10.7. The first-order chi connectivity index (χ1) is 8.37. The fourth-order valence-corrected chi connectivity index (χ4v) is 2.57. The Morgan fingerprint density at radius 3 is 2.78 bits per heavy atom. The molecule has 1 N–H and O–H groups in total. The van der Waals surface area contributed by atoms with E-state index in [1.165, 1.54) is 23.1 Å². The van der Waals surface area contributed by atoms with Gasteiger partial charge in [0.1, 0.15) is 5.01 Å². The number of nitrogens with one attached hydrogen (secondary N) is 1. The van der Waals surface area contributed by atoms with E-state index in [2.05, 4.69) is 20.3 Å². The minimum Gasteiger partial charge on any atom is -0.440 e. The Morgan fingerprint density at radius 2 is 2.22 bits per heavy atom. The molecule has 1 aromatic heterocycles. The van der Waals surface area contributed by atoms with E-state index in [1.807, 2.05) is 6.92 Å². The van der Waals surface area contributed by atoms with E-state index in [4.69, 9.17) is 0 Å². The van der Waals surface area contributed by atoms with Crippen LogP contribution in [0.5, 0.6) is 0 Å². The fourth-order valence-electron chi connectivity index (χ4n) is 0.827. The molecule has 0 unspecified atom stereocenters. The molecule has 18 heavy (non-hydrogen) atoms. The molecule has 0 aliphatic carbocycles. The van der Waals surface area contributed by atoms with Gasteiger partial charge in [-0.3, -0.25) is 0 Å². The van der Waals surface area contributed by atoms with Crippen LogP contribution in [0, 0.1) is 6.92 Å². The number of hydrogen-bond donors (Lipinski definition) is 1. The summed E-state index contributed by atoms with van der Waals surface area (Å²) in [6.07, 6.45) is -5.59. The van der Waals surface area contributed by atoms with Crippen molar-refractivity contribution >= 4 is 29.2 Å². The van der Waals surface area contributed by atoms with Crippen LogP contribution in [0.3, 0.4) is 0 Å². The van der Waals surface area contributed by atoms with Crippen molar-refractivity contribution < 1.29 is 22.7 Å². The highest BCUT2D eigenvalue weighted by atomic mass is 32.2. The molecular weight excluding hydrogens is 291 g/mol. The van der Waals surface area contributed by atoms with Crippen molar-refractivity contribution in [3.63, 3.8) is 0 Å².